The van der Waals surface area contributed by atoms with Gasteiger partial charge < -0.3 is 15.1 Å². The van der Waals surface area contributed by atoms with E-state index in [0.29, 0.717) is 19.0 Å². The molecule has 0 aromatic heterocycles. The molecular formula is C17H22BrN3O2. The van der Waals surface area contributed by atoms with E-state index in [2.05, 4.69) is 21.2 Å². The molecule has 124 valence electrons. The number of amides is 2. The number of anilines is 1. The molecule has 5 nitrogen and oxygen atoms in total. The van der Waals surface area contributed by atoms with Crippen molar-refractivity contribution in [3.05, 3.63) is 28.7 Å². The van der Waals surface area contributed by atoms with Gasteiger partial charge in [-0.1, -0.05) is 12.1 Å². The van der Waals surface area contributed by atoms with Crippen LogP contribution in [0.4, 0.5) is 5.69 Å². The third-order valence-corrected chi connectivity index (χ3v) is 5.53. The number of hydrogen-bond donors (Lipinski definition) is 1. The lowest BCUT2D eigenvalue weighted by molar-refractivity contribution is -0.140. The van der Waals surface area contributed by atoms with Gasteiger partial charge in [0.1, 0.15) is 5.92 Å². The van der Waals surface area contributed by atoms with Gasteiger partial charge in [0.15, 0.2) is 0 Å². The van der Waals surface area contributed by atoms with E-state index in [-0.39, 0.29) is 11.8 Å². The number of nitrogens with zero attached hydrogens (tertiary/aromatic N) is 2. The highest BCUT2D eigenvalue weighted by molar-refractivity contribution is 9.10. The first-order chi connectivity index (χ1) is 11.1. The highest BCUT2D eigenvalue weighted by Gasteiger charge is 2.40. The molecule has 2 amide bonds. The summed E-state index contributed by atoms with van der Waals surface area (Å²) in [5.74, 6) is -0.593. The zero-order valence-corrected chi connectivity index (χ0v) is 14.9. The normalized spacial score (nSPS) is 22.7. The Bertz CT molecular complexity index is 599. The maximum Gasteiger partial charge on any atom is 0.239 e. The van der Waals surface area contributed by atoms with E-state index in [4.69, 9.17) is 0 Å². The summed E-state index contributed by atoms with van der Waals surface area (Å²) in [6, 6.07) is 8.14. The van der Waals surface area contributed by atoms with Crippen molar-refractivity contribution in [1.82, 2.24) is 10.2 Å². The van der Waals surface area contributed by atoms with E-state index in [9.17, 15) is 9.59 Å². The second-order valence-corrected chi connectivity index (χ2v) is 7.03. The maximum absolute atomic E-state index is 12.7. The fourth-order valence-corrected chi connectivity index (χ4v) is 3.93. The monoisotopic (exact) mass is 379 g/mol. The lowest BCUT2D eigenvalue weighted by Crippen LogP contribution is -2.47. The van der Waals surface area contributed by atoms with Gasteiger partial charge in [0, 0.05) is 30.1 Å². The summed E-state index contributed by atoms with van der Waals surface area (Å²) >= 11 is 3.49. The highest BCUT2D eigenvalue weighted by Crippen LogP contribution is 2.32. The molecule has 1 N–H and O–H groups in total. The van der Waals surface area contributed by atoms with E-state index in [1.165, 1.54) is 0 Å². The molecule has 23 heavy (non-hydrogen) atoms. The smallest absolute Gasteiger partial charge is 0.239 e. The third-order valence-electron chi connectivity index (χ3n) is 4.86. The van der Waals surface area contributed by atoms with Crippen molar-refractivity contribution in [3.8, 4) is 0 Å². The second kappa shape index (κ2) is 7.01. The molecule has 0 spiro atoms. The van der Waals surface area contributed by atoms with Crippen LogP contribution in [0.2, 0.25) is 0 Å². The van der Waals surface area contributed by atoms with Gasteiger partial charge in [-0.15, -0.1) is 0 Å². The van der Waals surface area contributed by atoms with Crippen LogP contribution in [0, 0.1) is 5.92 Å². The van der Waals surface area contributed by atoms with Gasteiger partial charge in [-0.25, -0.2) is 0 Å². The first-order valence-electron chi connectivity index (χ1n) is 8.13. The molecule has 1 unspecified atom stereocenters. The Labute approximate surface area is 145 Å². The molecule has 1 aromatic rings. The van der Waals surface area contributed by atoms with Crippen LogP contribution >= 0.6 is 15.9 Å². The molecule has 0 aliphatic carbocycles. The number of benzene rings is 1. The lowest BCUT2D eigenvalue weighted by Gasteiger charge is -2.33. The Kier molecular flexibility index (Phi) is 5.02. The second-order valence-electron chi connectivity index (χ2n) is 6.17. The van der Waals surface area contributed by atoms with Crippen molar-refractivity contribution in [3.63, 3.8) is 0 Å². The Morgan fingerprint density at radius 2 is 1.87 bits per heavy atom. The van der Waals surface area contributed by atoms with Crippen molar-refractivity contribution in [2.45, 2.75) is 25.3 Å². The molecule has 1 aromatic carbocycles. The molecule has 0 bridgehead atoms. The quantitative estimate of drug-likeness (QED) is 0.817. The fourth-order valence-electron chi connectivity index (χ4n) is 3.43. The maximum atomic E-state index is 12.7. The average molecular weight is 380 g/mol. The number of nitrogens with one attached hydrogen (secondary N) is 1. The number of para-hydroxylation sites is 1. The van der Waals surface area contributed by atoms with Crippen LogP contribution in [0.3, 0.4) is 0 Å². The van der Waals surface area contributed by atoms with Crippen LogP contribution in [-0.2, 0) is 9.59 Å². The summed E-state index contributed by atoms with van der Waals surface area (Å²) in [5.41, 5.74) is 0.849. The zero-order valence-electron chi connectivity index (χ0n) is 13.3. The van der Waals surface area contributed by atoms with E-state index in [0.717, 1.165) is 36.1 Å². The van der Waals surface area contributed by atoms with Crippen LogP contribution < -0.4 is 10.2 Å². The lowest BCUT2D eigenvalue weighted by atomic mass is 10.0. The van der Waals surface area contributed by atoms with Crippen LogP contribution in [-0.4, -0.2) is 49.4 Å². The van der Waals surface area contributed by atoms with Gasteiger partial charge in [-0.05, 0) is 54.4 Å². The molecule has 2 fully saturated rings. The van der Waals surface area contributed by atoms with E-state index in [1.807, 2.05) is 36.2 Å². The molecule has 3 rings (SSSR count). The molecular weight excluding hydrogens is 358 g/mol. The van der Waals surface area contributed by atoms with Crippen LogP contribution in [0.25, 0.3) is 0 Å². The van der Waals surface area contributed by atoms with Crippen LogP contribution in [0.1, 0.15) is 19.3 Å². The van der Waals surface area contributed by atoms with Crippen molar-refractivity contribution in [2.75, 3.05) is 31.6 Å². The standard InChI is InChI=1S/C17H22BrN3O2/c1-19-12-6-9-20(10-7-12)16(22)13-8-11-21(17(13)23)15-5-3-2-4-14(15)18/h2-5,12-13,19H,6-11H2,1H3. The summed E-state index contributed by atoms with van der Waals surface area (Å²) in [7, 11) is 1.96. The molecule has 2 saturated heterocycles. The Hall–Kier alpha value is -1.40. The van der Waals surface area contributed by atoms with Gasteiger partial charge in [0.25, 0.3) is 0 Å². The first-order valence-corrected chi connectivity index (χ1v) is 8.93. The van der Waals surface area contributed by atoms with Gasteiger partial charge in [-0.3, -0.25) is 9.59 Å². The Balaban J connectivity index is 1.67. The number of rotatable bonds is 3. The third kappa shape index (κ3) is 3.28. The van der Waals surface area contributed by atoms with Crippen molar-refractivity contribution >= 4 is 33.4 Å². The zero-order chi connectivity index (χ0) is 16.4. The van der Waals surface area contributed by atoms with E-state index < -0.39 is 5.92 Å². The summed E-state index contributed by atoms with van der Waals surface area (Å²) in [4.78, 5) is 29.0. The number of carbonyl (C=O) groups is 2. The predicted molar refractivity (Wildman–Crippen MR) is 93.3 cm³/mol. The van der Waals surface area contributed by atoms with Crippen LogP contribution in [0.15, 0.2) is 28.7 Å². The van der Waals surface area contributed by atoms with Crippen molar-refractivity contribution in [1.29, 1.82) is 0 Å². The molecule has 2 aliphatic heterocycles. The number of halogens is 1. The largest absolute Gasteiger partial charge is 0.342 e. The minimum atomic E-state index is -0.520. The number of hydrogen-bond acceptors (Lipinski definition) is 3. The summed E-state index contributed by atoms with van der Waals surface area (Å²) in [5, 5.41) is 3.26. The van der Waals surface area contributed by atoms with Gasteiger partial charge in [0.05, 0.1) is 5.69 Å². The minimum absolute atomic E-state index is 0.000827. The Morgan fingerprint density at radius 1 is 1.17 bits per heavy atom. The SMILES string of the molecule is CNC1CCN(C(=O)C2CCN(c3ccccc3Br)C2=O)CC1. The number of likely N-dealkylation sites (tertiary alicyclic amines) is 1. The highest BCUT2D eigenvalue weighted by atomic mass is 79.9. The topological polar surface area (TPSA) is 52.7 Å². The number of piperidine rings is 1. The molecule has 1 atom stereocenters. The molecule has 2 heterocycles. The molecule has 0 saturated carbocycles. The summed E-state index contributed by atoms with van der Waals surface area (Å²) in [6.45, 7) is 2.08. The minimum Gasteiger partial charge on any atom is -0.342 e. The first kappa shape index (κ1) is 16.5. The van der Waals surface area contributed by atoms with Gasteiger partial charge in [0.2, 0.25) is 11.8 Å². The van der Waals surface area contributed by atoms with E-state index in [1.54, 1.807) is 4.90 Å². The van der Waals surface area contributed by atoms with Gasteiger partial charge in [-0.2, -0.15) is 0 Å². The predicted octanol–water partition coefficient (Wildman–Crippen LogP) is 2.01. The van der Waals surface area contributed by atoms with Gasteiger partial charge >= 0.3 is 0 Å². The van der Waals surface area contributed by atoms with E-state index >= 15 is 0 Å². The molecule has 2 aliphatic rings. The molecule has 6 heteroatoms. The average Bonchev–Trinajstić information content (AvgIpc) is 2.96. The summed E-state index contributed by atoms with van der Waals surface area (Å²) in [6.07, 6.45) is 2.51. The van der Waals surface area contributed by atoms with Crippen molar-refractivity contribution in [2.24, 2.45) is 5.92 Å². The number of carbonyl (C=O) groups excluding carboxylic acids is 2. The fraction of sp³-hybridized carbons (Fsp3) is 0.529. The summed E-state index contributed by atoms with van der Waals surface area (Å²) < 4.78 is 0.885. The van der Waals surface area contributed by atoms with Crippen molar-refractivity contribution < 1.29 is 9.59 Å². The van der Waals surface area contributed by atoms with Crippen LogP contribution in [0.5, 0.6) is 0 Å². The molecule has 0 radical (unpaired) electrons. The Morgan fingerprint density at radius 3 is 2.52 bits per heavy atom.